The summed E-state index contributed by atoms with van der Waals surface area (Å²) in [6.07, 6.45) is 3.89. The van der Waals surface area contributed by atoms with Gasteiger partial charge in [0.1, 0.15) is 5.82 Å². The Morgan fingerprint density at radius 3 is 2.52 bits per heavy atom. The van der Waals surface area contributed by atoms with E-state index in [-0.39, 0.29) is 0 Å². The molecule has 0 aliphatic heterocycles. The van der Waals surface area contributed by atoms with Crippen LogP contribution in [0.4, 0.5) is 0 Å². The highest BCUT2D eigenvalue weighted by molar-refractivity contribution is 6.16. The summed E-state index contributed by atoms with van der Waals surface area (Å²) in [6, 6.07) is 4.32. The Morgan fingerprint density at radius 1 is 1.29 bits per heavy atom. The fourth-order valence-corrected chi connectivity index (χ4v) is 3.19. The Hall–Kier alpha value is -1.42. The summed E-state index contributed by atoms with van der Waals surface area (Å²) in [5, 5.41) is 0. The lowest BCUT2D eigenvalue weighted by Gasteiger charge is -2.17. The van der Waals surface area contributed by atoms with Crippen LogP contribution in [0.5, 0.6) is 11.5 Å². The number of rotatable bonds is 6. The third-order valence-corrected chi connectivity index (χ3v) is 4.44. The quantitative estimate of drug-likeness (QED) is 0.752. The first-order chi connectivity index (χ1) is 10.2. The zero-order valence-electron chi connectivity index (χ0n) is 12.7. The number of methoxy groups -OCH3 is 2. The first-order valence-corrected chi connectivity index (χ1v) is 7.90. The van der Waals surface area contributed by atoms with Crippen molar-refractivity contribution in [3.05, 3.63) is 18.0 Å². The third kappa shape index (κ3) is 2.69. The maximum absolute atomic E-state index is 6.10. The van der Waals surface area contributed by atoms with Crippen LogP contribution in [0.25, 0.3) is 11.0 Å². The van der Waals surface area contributed by atoms with Crippen LogP contribution in [-0.4, -0.2) is 23.8 Å². The lowest BCUT2D eigenvalue weighted by molar-refractivity contribution is 0.355. The predicted octanol–water partition coefficient (Wildman–Crippen LogP) is 4.15. The highest BCUT2D eigenvalue weighted by Crippen LogP contribution is 2.39. The zero-order valence-corrected chi connectivity index (χ0v) is 13.5. The molecule has 1 aliphatic carbocycles. The van der Waals surface area contributed by atoms with Gasteiger partial charge in [-0.2, -0.15) is 0 Å². The number of aromatic nitrogens is 2. The summed E-state index contributed by atoms with van der Waals surface area (Å²) in [6.45, 7) is 2.24. The monoisotopic (exact) mass is 308 g/mol. The van der Waals surface area contributed by atoms with Gasteiger partial charge in [-0.05, 0) is 19.3 Å². The van der Waals surface area contributed by atoms with Crippen molar-refractivity contribution >= 4 is 22.6 Å². The number of halogens is 1. The van der Waals surface area contributed by atoms with E-state index in [1.54, 1.807) is 14.2 Å². The molecule has 1 aromatic carbocycles. The smallest absolute Gasteiger partial charge is 0.163 e. The van der Waals surface area contributed by atoms with Crippen molar-refractivity contribution in [3.8, 4) is 11.5 Å². The summed E-state index contributed by atoms with van der Waals surface area (Å²) in [5.74, 6) is 3.61. The molecule has 21 heavy (non-hydrogen) atoms. The van der Waals surface area contributed by atoms with Crippen LogP contribution in [0.1, 0.15) is 38.1 Å². The molecule has 1 aromatic heterocycles. The number of imidazole rings is 1. The number of nitrogens with zero attached hydrogens (tertiary/aromatic N) is 2. The van der Waals surface area contributed by atoms with Gasteiger partial charge in [0.15, 0.2) is 11.5 Å². The average molecular weight is 309 g/mol. The predicted molar refractivity (Wildman–Crippen MR) is 84.4 cm³/mol. The van der Waals surface area contributed by atoms with Crippen molar-refractivity contribution in [2.45, 2.75) is 38.1 Å². The molecule has 114 valence electrons. The van der Waals surface area contributed by atoms with Gasteiger partial charge in [-0.3, -0.25) is 0 Å². The van der Waals surface area contributed by atoms with E-state index in [9.17, 15) is 0 Å². The lowest BCUT2D eigenvalue weighted by Crippen LogP contribution is -2.09. The number of fused-ring (bicyclic) bond motifs is 1. The molecule has 2 aromatic rings. The van der Waals surface area contributed by atoms with E-state index in [2.05, 4.69) is 16.5 Å². The largest absolute Gasteiger partial charge is 0.493 e. The molecule has 1 saturated carbocycles. The van der Waals surface area contributed by atoms with Gasteiger partial charge < -0.3 is 14.0 Å². The van der Waals surface area contributed by atoms with E-state index in [0.29, 0.717) is 17.7 Å². The fraction of sp³-hybridized carbons (Fsp3) is 0.562. The van der Waals surface area contributed by atoms with Gasteiger partial charge in [-0.15, -0.1) is 11.6 Å². The number of hydrogen-bond acceptors (Lipinski definition) is 3. The number of ether oxygens (including phenoxy) is 2. The average Bonchev–Trinajstić information content (AvgIpc) is 3.23. The second-order valence-corrected chi connectivity index (χ2v) is 6.02. The van der Waals surface area contributed by atoms with Crippen LogP contribution in [0.15, 0.2) is 12.1 Å². The van der Waals surface area contributed by atoms with E-state index in [4.69, 9.17) is 21.1 Å². The standard InChI is InChI=1S/C16H21ClN2O2/c1-10(6-11-4-5-11)19-13-8-15(21-3)14(20-2)7-12(13)18-16(19)9-17/h7-8,10-11H,4-6,9H2,1-3H3. The molecule has 0 N–H and O–H groups in total. The van der Waals surface area contributed by atoms with Gasteiger partial charge in [-0.25, -0.2) is 4.98 Å². The van der Waals surface area contributed by atoms with E-state index < -0.39 is 0 Å². The normalized spacial score (nSPS) is 16.2. The molecule has 1 aliphatic rings. The van der Waals surface area contributed by atoms with Gasteiger partial charge in [0.25, 0.3) is 0 Å². The SMILES string of the molecule is COc1cc2nc(CCl)n(C(C)CC3CC3)c2cc1OC. The van der Waals surface area contributed by atoms with Gasteiger partial charge in [0, 0.05) is 18.2 Å². The first-order valence-electron chi connectivity index (χ1n) is 7.36. The Balaban J connectivity index is 2.11. The van der Waals surface area contributed by atoms with Crippen molar-refractivity contribution in [1.29, 1.82) is 0 Å². The highest BCUT2D eigenvalue weighted by atomic mass is 35.5. The van der Waals surface area contributed by atoms with Crippen molar-refractivity contribution in [1.82, 2.24) is 9.55 Å². The summed E-state index contributed by atoms with van der Waals surface area (Å²) < 4.78 is 13.0. The molecule has 1 fully saturated rings. The van der Waals surface area contributed by atoms with E-state index in [0.717, 1.165) is 28.5 Å². The number of hydrogen-bond donors (Lipinski definition) is 0. The fourth-order valence-electron chi connectivity index (χ4n) is 3.00. The van der Waals surface area contributed by atoms with Crippen molar-refractivity contribution in [2.24, 2.45) is 5.92 Å². The minimum Gasteiger partial charge on any atom is -0.493 e. The molecule has 0 radical (unpaired) electrons. The van der Waals surface area contributed by atoms with E-state index in [1.165, 1.54) is 19.3 Å². The molecule has 1 unspecified atom stereocenters. The second-order valence-electron chi connectivity index (χ2n) is 5.76. The molecule has 1 heterocycles. The van der Waals surface area contributed by atoms with Gasteiger partial charge in [0.2, 0.25) is 0 Å². The zero-order chi connectivity index (χ0) is 15.0. The van der Waals surface area contributed by atoms with Gasteiger partial charge in [-0.1, -0.05) is 12.8 Å². The molecule has 1 atom stereocenters. The molecule has 0 saturated heterocycles. The summed E-state index contributed by atoms with van der Waals surface area (Å²) in [4.78, 5) is 4.66. The minimum atomic E-state index is 0.398. The Kier molecular flexibility index (Phi) is 3.98. The molecule has 5 heteroatoms. The van der Waals surface area contributed by atoms with Crippen LogP contribution < -0.4 is 9.47 Å². The molecule has 3 rings (SSSR count). The number of alkyl halides is 1. The molecule has 0 bridgehead atoms. The summed E-state index contributed by atoms with van der Waals surface area (Å²) in [5.41, 5.74) is 1.97. The van der Waals surface area contributed by atoms with Gasteiger partial charge in [0.05, 0.1) is 31.1 Å². The maximum Gasteiger partial charge on any atom is 0.163 e. The summed E-state index contributed by atoms with van der Waals surface area (Å²) >= 11 is 6.10. The van der Waals surface area contributed by atoms with Gasteiger partial charge >= 0.3 is 0 Å². The minimum absolute atomic E-state index is 0.398. The molecular formula is C16H21ClN2O2. The molecule has 0 spiro atoms. The van der Waals surface area contributed by atoms with Crippen molar-refractivity contribution < 1.29 is 9.47 Å². The topological polar surface area (TPSA) is 36.3 Å². The maximum atomic E-state index is 6.10. The van der Waals surface area contributed by atoms with E-state index in [1.807, 2.05) is 12.1 Å². The molecule has 0 amide bonds. The van der Waals surface area contributed by atoms with E-state index >= 15 is 0 Å². The van der Waals surface area contributed by atoms with Crippen molar-refractivity contribution in [3.63, 3.8) is 0 Å². The Bertz CT molecular complexity index is 649. The van der Waals surface area contributed by atoms with Crippen LogP contribution in [0.3, 0.4) is 0 Å². The first kappa shape index (κ1) is 14.5. The van der Waals surface area contributed by atoms with Crippen LogP contribution in [-0.2, 0) is 5.88 Å². The number of benzene rings is 1. The highest BCUT2D eigenvalue weighted by Gasteiger charge is 2.26. The second kappa shape index (κ2) is 5.76. The van der Waals surface area contributed by atoms with Crippen molar-refractivity contribution in [2.75, 3.05) is 14.2 Å². The molecule has 4 nitrogen and oxygen atoms in total. The van der Waals surface area contributed by atoms with Crippen LogP contribution >= 0.6 is 11.6 Å². The molecular weight excluding hydrogens is 288 g/mol. The third-order valence-electron chi connectivity index (χ3n) is 4.20. The Morgan fingerprint density at radius 2 is 1.95 bits per heavy atom. The summed E-state index contributed by atoms with van der Waals surface area (Å²) in [7, 11) is 3.29. The lowest BCUT2D eigenvalue weighted by atomic mass is 10.1. The van der Waals surface area contributed by atoms with Crippen LogP contribution in [0, 0.1) is 5.92 Å². The Labute approximate surface area is 130 Å². The van der Waals surface area contributed by atoms with Crippen LogP contribution in [0.2, 0.25) is 0 Å².